The number of hydrogen-bond acceptors (Lipinski definition) is 4. The molecule has 1 aliphatic rings. The molecule has 0 atom stereocenters. The monoisotopic (exact) mass is 343 g/mol. The predicted octanol–water partition coefficient (Wildman–Crippen LogP) is 3.50. The van der Waals surface area contributed by atoms with Crippen molar-refractivity contribution >= 4 is 33.9 Å². The van der Waals surface area contributed by atoms with E-state index >= 15 is 0 Å². The fourth-order valence-corrected chi connectivity index (χ4v) is 2.25. The number of aromatic hydroxyl groups is 1. The molecule has 0 aromatic heterocycles. The standard InChI is InChI=1S/C16H10BrNO3/c17-12-7-6-11(14(19)9-12)8-13-16(20)21-15(18-13)10-4-2-1-3-5-10/h1-9,19H/b13-8+. The SMILES string of the molecule is O=C1OC(c2ccccc2)=N/C1=C/c1ccc(Br)cc1O. The van der Waals surface area contributed by atoms with Crippen LogP contribution >= 0.6 is 15.9 Å². The third-order valence-electron chi connectivity index (χ3n) is 2.93. The number of phenols is 1. The van der Waals surface area contributed by atoms with Crippen LogP contribution in [0.3, 0.4) is 0 Å². The summed E-state index contributed by atoms with van der Waals surface area (Å²) in [5.41, 5.74) is 1.39. The minimum absolute atomic E-state index is 0.0630. The van der Waals surface area contributed by atoms with Crippen LogP contribution in [0.5, 0.6) is 5.75 Å². The Hall–Kier alpha value is -2.40. The maximum Gasteiger partial charge on any atom is 0.363 e. The van der Waals surface area contributed by atoms with E-state index < -0.39 is 5.97 Å². The van der Waals surface area contributed by atoms with Crippen molar-refractivity contribution in [2.45, 2.75) is 0 Å². The molecule has 0 aliphatic carbocycles. The molecule has 0 amide bonds. The smallest absolute Gasteiger partial charge is 0.363 e. The molecular formula is C16H10BrNO3. The maximum absolute atomic E-state index is 11.8. The van der Waals surface area contributed by atoms with Gasteiger partial charge in [0.15, 0.2) is 5.70 Å². The van der Waals surface area contributed by atoms with E-state index in [1.165, 1.54) is 6.08 Å². The molecule has 0 saturated carbocycles. The number of carbonyl (C=O) groups excluding carboxylic acids is 1. The number of phenolic OH excluding ortho intramolecular Hbond substituents is 1. The number of cyclic esters (lactones) is 1. The number of benzene rings is 2. The molecule has 0 fully saturated rings. The van der Waals surface area contributed by atoms with Gasteiger partial charge in [-0.2, -0.15) is 0 Å². The van der Waals surface area contributed by atoms with Gasteiger partial charge in [0.25, 0.3) is 0 Å². The molecule has 3 rings (SSSR count). The molecule has 2 aromatic carbocycles. The summed E-state index contributed by atoms with van der Waals surface area (Å²) < 4.78 is 5.90. The summed E-state index contributed by atoms with van der Waals surface area (Å²) >= 11 is 3.26. The van der Waals surface area contributed by atoms with Crippen LogP contribution in [0.2, 0.25) is 0 Å². The average Bonchev–Trinajstić information content (AvgIpc) is 2.84. The van der Waals surface area contributed by atoms with Crippen LogP contribution in [-0.2, 0) is 9.53 Å². The van der Waals surface area contributed by atoms with E-state index in [1.807, 2.05) is 30.3 Å². The van der Waals surface area contributed by atoms with Gasteiger partial charge in [0, 0.05) is 15.6 Å². The maximum atomic E-state index is 11.8. The second kappa shape index (κ2) is 5.54. The minimum atomic E-state index is -0.531. The summed E-state index contributed by atoms with van der Waals surface area (Å²) in [6.07, 6.45) is 1.50. The van der Waals surface area contributed by atoms with Crippen molar-refractivity contribution in [3.05, 3.63) is 69.8 Å². The van der Waals surface area contributed by atoms with Gasteiger partial charge in [0.05, 0.1) is 0 Å². The lowest BCUT2D eigenvalue weighted by Gasteiger charge is -1.99. The van der Waals surface area contributed by atoms with Crippen LogP contribution < -0.4 is 0 Å². The zero-order valence-electron chi connectivity index (χ0n) is 10.8. The molecule has 1 aliphatic heterocycles. The lowest BCUT2D eigenvalue weighted by Crippen LogP contribution is -2.04. The number of rotatable bonds is 2. The third kappa shape index (κ3) is 2.87. The van der Waals surface area contributed by atoms with Gasteiger partial charge in [-0.25, -0.2) is 9.79 Å². The molecule has 2 aromatic rings. The predicted molar refractivity (Wildman–Crippen MR) is 82.9 cm³/mol. The van der Waals surface area contributed by atoms with E-state index in [9.17, 15) is 9.90 Å². The Morgan fingerprint density at radius 3 is 2.62 bits per heavy atom. The van der Waals surface area contributed by atoms with Gasteiger partial charge in [-0.1, -0.05) is 40.2 Å². The van der Waals surface area contributed by atoms with Crippen LogP contribution in [0.25, 0.3) is 6.08 Å². The Bertz CT molecular complexity index is 766. The van der Waals surface area contributed by atoms with E-state index in [0.29, 0.717) is 5.56 Å². The van der Waals surface area contributed by atoms with E-state index in [0.717, 1.165) is 10.0 Å². The van der Waals surface area contributed by atoms with Crippen molar-refractivity contribution in [1.82, 2.24) is 0 Å². The molecule has 0 bridgehead atoms. The average molecular weight is 344 g/mol. The first kappa shape index (κ1) is 13.6. The summed E-state index contributed by atoms with van der Waals surface area (Å²) in [5.74, 6) is -0.201. The van der Waals surface area contributed by atoms with Gasteiger partial charge in [-0.15, -0.1) is 0 Å². The largest absolute Gasteiger partial charge is 0.507 e. The molecule has 1 heterocycles. The van der Waals surface area contributed by atoms with Crippen molar-refractivity contribution in [3.8, 4) is 5.75 Å². The minimum Gasteiger partial charge on any atom is -0.507 e. The van der Waals surface area contributed by atoms with Crippen molar-refractivity contribution in [1.29, 1.82) is 0 Å². The fraction of sp³-hybridized carbons (Fsp3) is 0. The summed E-state index contributed by atoms with van der Waals surface area (Å²) in [5, 5.41) is 9.85. The Morgan fingerprint density at radius 2 is 1.90 bits per heavy atom. The number of nitrogens with zero attached hydrogens (tertiary/aromatic N) is 1. The van der Waals surface area contributed by atoms with Gasteiger partial charge in [0.2, 0.25) is 5.90 Å². The highest BCUT2D eigenvalue weighted by molar-refractivity contribution is 9.10. The van der Waals surface area contributed by atoms with Crippen molar-refractivity contribution in [2.24, 2.45) is 4.99 Å². The third-order valence-corrected chi connectivity index (χ3v) is 3.42. The number of carbonyl (C=O) groups is 1. The van der Waals surface area contributed by atoms with E-state index in [1.54, 1.807) is 18.2 Å². The first-order valence-electron chi connectivity index (χ1n) is 6.20. The fourth-order valence-electron chi connectivity index (χ4n) is 1.90. The quantitative estimate of drug-likeness (QED) is 0.670. The van der Waals surface area contributed by atoms with Crippen LogP contribution in [0, 0.1) is 0 Å². The molecule has 104 valence electrons. The Morgan fingerprint density at radius 1 is 1.14 bits per heavy atom. The summed E-state index contributed by atoms with van der Waals surface area (Å²) in [6.45, 7) is 0. The first-order chi connectivity index (χ1) is 10.1. The zero-order valence-corrected chi connectivity index (χ0v) is 12.4. The molecule has 4 nitrogen and oxygen atoms in total. The zero-order chi connectivity index (χ0) is 14.8. The highest BCUT2D eigenvalue weighted by atomic mass is 79.9. The summed E-state index contributed by atoms with van der Waals surface area (Å²) in [6, 6.07) is 14.2. The molecule has 0 radical (unpaired) electrons. The highest BCUT2D eigenvalue weighted by Gasteiger charge is 2.24. The molecule has 5 heteroatoms. The van der Waals surface area contributed by atoms with Crippen molar-refractivity contribution < 1.29 is 14.6 Å². The van der Waals surface area contributed by atoms with Gasteiger partial charge in [-0.05, 0) is 30.3 Å². The van der Waals surface area contributed by atoms with Crippen molar-refractivity contribution in [2.75, 3.05) is 0 Å². The van der Waals surface area contributed by atoms with Gasteiger partial charge in [0.1, 0.15) is 5.75 Å². The van der Waals surface area contributed by atoms with Crippen LogP contribution in [-0.4, -0.2) is 17.0 Å². The molecule has 0 saturated heterocycles. The Kier molecular flexibility index (Phi) is 3.58. The molecular weight excluding hydrogens is 334 g/mol. The van der Waals surface area contributed by atoms with Gasteiger partial charge in [-0.3, -0.25) is 0 Å². The second-order valence-electron chi connectivity index (χ2n) is 4.41. The molecule has 21 heavy (non-hydrogen) atoms. The number of ether oxygens (including phenoxy) is 1. The topological polar surface area (TPSA) is 58.9 Å². The highest BCUT2D eigenvalue weighted by Crippen LogP contribution is 2.26. The molecule has 0 spiro atoms. The number of halogens is 1. The van der Waals surface area contributed by atoms with Crippen molar-refractivity contribution in [3.63, 3.8) is 0 Å². The van der Waals surface area contributed by atoms with Crippen LogP contribution in [0.1, 0.15) is 11.1 Å². The number of aliphatic imine (C=N–C) groups is 1. The summed E-state index contributed by atoms with van der Waals surface area (Å²) in [4.78, 5) is 16.0. The number of esters is 1. The van der Waals surface area contributed by atoms with E-state index in [4.69, 9.17) is 4.74 Å². The van der Waals surface area contributed by atoms with Crippen LogP contribution in [0.15, 0.2) is 63.7 Å². The summed E-state index contributed by atoms with van der Waals surface area (Å²) in [7, 11) is 0. The molecule has 1 N–H and O–H groups in total. The molecule has 0 unspecified atom stereocenters. The van der Waals surface area contributed by atoms with Gasteiger partial charge < -0.3 is 9.84 Å². The first-order valence-corrected chi connectivity index (χ1v) is 6.99. The Balaban J connectivity index is 1.97. The van der Waals surface area contributed by atoms with E-state index in [-0.39, 0.29) is 17.3 Å². The second-order valence-corrected chi connectivity index (χ2v) is 5.32. The van der Waals surface area contributed by atoms with E-state index in [2.05, 4.69) is 20.9 Å². The normalized spacial score (nSPS) is 16.0. The van der Waals surface area contributed by atoms with Crippen LogP contribution in [0.4, 0.5) is 0 Å². The Labute approximate surface area is 129 Å². The lowest BCUT2D eigenvalue weighted by molar-refractivity contribution is -0.129. The number of hydrogen-bond donors (Lipinski definition) is 1. The lowest BCUT2D eigenvalue weighted by atomic mass is 10.1. The van der Waals surface area contributed by atoms with Gasteiger partial charge >= 0.3 is 5.97 Å².